The first-order chi connectivity index (χ1) is 11.1. The second-order valence-corrected chi connectivity index (χ2v) is 4.87. The van der Waals surface area contributed by atoms with Gasteiger partial charge in [0, 0.05) is 17.1 Å². The molecule has 6 heteroatoms. The smallest absolute Gasteiger partial charge is 0.411 e. The summed E-state index contributed by atoms with van der Waals surface area (Å²) in [6.45, 7) is 4.03. The number of anilines is 3. The highest BCUT2D eigenvalue weighted by molar-refractivity contribution is 5.99. The fourth-order valence-electron chi connectivity index (χ4n) is 1.85. The summed E-state index contributed by atoms with van der Waals surface area (Å²) >= 11 is 0. The van der Waals surface area contributed by atoms with Crippen molar-refractivity contribution in [1.29, 1.82) is 0 Å². The van der Waals surface area contributed by atoms with Gasteiger partial charge in [-0.3, -0.25) is 5.32 Å². The molecular formula is C17H19N3O3. The van der Waals surface area contributed by atoms with Gasteiger partial charge in [0.1, 0.15) is 0 Å². The number of ether oxygens (including phenoxy) is 1. The van der Waals surface area contributed by atoms with Gasteiger partial charge in [0.25, 0.3) is 0 Å². The standard InChI is InChI=1S/C17H19N3O3/c1-3-23-17(22)20-15-10-8-14(9-11-15)19-16(21)18-13-6-4-12(2)5-7-13/h4-11H,3H2,1-2H3,(H,20,22)(H2,18,19,21). The van der Waals surface area contributed by atoms with E-state index >= 15 is 0 Å². The molecule has 23 heavy (non-hydrogen) atoms. The van der Waals surface area contributed by atoms with Crippen LogP contribution in [0.4, 0.5) is 26.7 Å². The van der Waals surface area contributed by atoms with Crippen molar-refractivity contribution in [2.24, 2.45) is 0 Å². The third-order valence-electron chi connectivity index (χ3n) is 2.97. The van der Waals surface area contributed by atoms with E-state index in [0.29, 0.717) is 23.7 Å². The van der Waals surface area contributed by atoms with E-state index in [-0.39, 0.29) is 6.03 Å². The topological polar surface area (TPSA) is 79.5 Å². The molecule has 2 aromatic carbocycles. The van der Waals surface area contributed by atoms with Gasteiger partial charge < -0.3 is 15.4 Å². The van der Waals surface area contributed by atoms with E-state index in [0.717, 1.165) is 5.56 Å². The fraction of sp³-hybridized carbons (Fsp3) is 0.176. The molecule has 0 bridgehead atoms. The molecule has 2 rings (SSSR count). The second-order valence-electron chi connectivity index (χ2n) is 4.87. The van der Waals surface area contributed by atoms with Gasteiger partial charge in [0.05, 0.1) is 6.61 Å². The lowest BCUT2D eigenvalue weighted by molar-refractivity contribution is 0.168. The van der Waals surface area contributed by atoms with Gasteiger partial charge in [0.2, 0.25) is 0 Å². The van der Waals surface area contributed by atoms with E-state index in [2.05, 4.69) is 16.0 Å². The van der Waals surface area contributed by atoms with Gasteiger partial charge in [0.15, 0.2) is 0 Å². The Morgan fingerprint density at radius 3 is 1.74 bits per heavy atom. The van der Waals surface area contributed by atoms with Crippen LogP contribution in [0.3, 0.4) is 0 Å². The highest BCUT2D eigenvalue weighted by Crippen LogP contribution is 2.15. The zero-order valence-electron chi connectivity index (χ0n) is 13.1. The number of amides is 3. The largest absolute Gasteiger partial charge is 0.450 e. The molecule has 0 atom stereocenters. The van der Waals surface area contributed by atoms with Crippen molar-refractivity contribution >= 4 is 29.2 Å². The van der Waals surface area contributed by atoms with Crippen LogP contribution in [0, 0.1) is 6.92 Å². The van der Waals surface area contributed by atoms with Crippen LogP contribution < -0.4 is 16.0 Å². The van der Waals surface area contributed by atoms with Gasteiger partial charge >= 0.3 is 12.1 Å². The molecule has 0 fully saturated rings. The molecule has 3 N–H and O–H groups in total. The summed E-state index contributed by atoms with van der Waals surface area (Å²) in [5.41, 5.74) is 3.05. The lowest BCUT2D eigenvalue weighted by Crippen LogP contribution is -2.19. The Kier molecular flexibility index (Phi) is 5.57. The van der Waals surface area contributed by atoms with Gasteiger partial charge in [-0.1, -0.05) is 17.7 Å². The summed E-state index contributed by atoms with van der Waals surface area (Å²) in [4.78, 5) is 23.2. The molecule has 0 aliphatic rings. The first kappa shape index (κ1) is 16.4. The number of rotatable bonds is 4. The van der Waals surface area contributed by atoms with Crippen LogP contribution in [-0.4, -0.2) is 18.7 Å². The summed E-state index contributed by atoms with van der Waals surface area (Å²) in [5.74, 6) is 0. The van der Waals surface area contributed by atoms with Gasteiger partial charge in [-0.2, -0.15) is 0 Å². The van der Waals surface area contributed by atoms with Crippen molar-refractivity contribution < 1.29 is 14.3 Å². The summed E-state index contributed by atoms with van der Waals surface area (Å²) in [6, 6.07) is 13.9. The molecule has 0 heterocycles. The van der Waals surface area contributed by atoms with E-state index in [9.17, 15) is 9.59 Å². The second kappa shape index (κ2) is 7.84. The van der Waals surface area contributed by atoms with Crippen molar-refractivity contribution in [3.05, 3.63) is 54.1 Å². The Hall–Kier alpha value is -3.02. The van der Waals surface area contributed by atoms with Crippen LogP contribution in [-0.2, 0) is 4.74 Å². The minimum Gasteiger partial charge on any atom is -0.450 e. The molecule has 6 nitrogen and oxygen atoms in total. The van der Waals surface area contributed by atoms with Gasteiger partial charge in [-0.05, 0) is 50.2 Å². The molecular weight excluding hydrogens is 294 g/mol. The maximum Gasteiger partial charge on any atom is 0.411 e. The third kappa shape index (κ3) is 5.35. The molecule has 0 spiro atoms. The number of carbonyl (C=O) groups is 2. The summed E-state index contributed by atoms with van der Waals surface area (Å²) in [5, 5.41) is 8.04. The van der Waals surface area contributed by atoms with Gasteiger partial charge in [-0.15, -0.1) is 0 Å². The minimum absolute atomic E-state index is 0.310. The molecule has 120 valence electrons. The molecule has 0 saturated heterocycles. The number of benzene rings is 2. The molecule has 3 amide bonds. The van der Waals surface area contributed by atoms with Gasteiger partial charge in [-0.25, -0.2) is 9.59 Å². The lowest BCUT2D eigenvalue weighted by Gasteiger charge is -2.09. The molecule has 2 aromatic rings. The number of carbonyl (C=O) groups excluding carboxylic acids is 2. The predicted octanol–water partition coefficient (Wildman–Crippen LogP) is 4.21. The maximum atomic E-state index is 11.9. The van der Waals surface area contributed by atoms with E-state index in [4.69, 9.17) is 4.74 Å². The van der Waals surface area contributed by atoms with Crippen LogP contribution in [0.2, 0.25) is 0 Å². The monoisotopic (exact) mass is 313 g/mol. The minimum atomic E-state index is -0.509. The van der Waals surface area contributed by atoms with Crippen LogP contribution >= 0.6 is 0 Å². The Labute approximate surface area is 134 Å². The Morgan fingerprint density at radius 2 is 1.26 bits per heavy atom. The van der Waals surface area contributed by atoms with Crippen molar-refractivity contribution in [3.8, 4) is 0 Å². The Balaban J connectivity index is 1.88. The quantitative estimate of drug-likeness (QED) is 0.791. The summed E-state index contributed by atoms with van der Waals surface area (Å²) in [7, 11) is 0. The number of aryl methyl sites for hydroxylation is 1. The van der Waals surface area contributed by atoms with Crippen LogP contribution in [0.1, 0.15) is 12.5 Å². The van der Waals surface area contributed by atoms with E-state index in [1.807, 2.05) is 31.2 Å². The molecule has 0 aliphatic carbocycles. The van der Waals surface area contributed by atoms with Crippen LogP contribution in [0.15, 0.2) is 48.5 Å². The van der Waals surface area contributed by atoms with Crippen LogP contribution in [0.25, 0.3) is 0 Å². The molecule has 0 radical (unpaired) electrons. The highest BCUT2D eigenvalue weighted by Gasteiger charge is 2.04. The van der Waals surface area contributed by atoms with Crippen molar-refractivity contribution in [2.45, 2.75) is 13.8 Å². The lowest BCUT2D eigenvalue weighted by atomic mass is 10.2. The molecule has 0 aromatic heterocycles. The molecule has 0 saturated carbocycles. The number of hydrogen-bond donors (Lipinski definition) is 3. The summed E-state index contributed by atoms with van der Waals surface area (Å²) < 4.78 is 4.79. The molecule has 0 unspecified atom stereocenters. The normalized spacial score (nSPS) is 9.83. The highest BCUT2D eigenvalue weighted by atomic mass is 16.5. The van der Waals surface area contributed by atoms with E-state index in [1.165, 1.54) is 0 Å². The Bertz CT molecular complexity index is 666. The first-order valence-corrected chi connectivity index (χ1v) is 7.25. The third-order valence-corrected chi connectivity index (χ3v) is 2.97. The van der Waals surface area contributed by atoms with Crippen molar-refractivity contribution in [2.75, 3.05) is 22.6 Å². The predicted molar refractivity (Wildman–Crippen MR) is 90.9 cm³/mol. The number of urea groups is 1. The van der Waals surface area contributed by atoms with Crippen molar-refractivity contribution in [1.82, 2.24) is 0 Å². The average molecular weight is 313 g/mol. The Morgan fingerprint density at radius 1 is 0.826 bits per heavy atom. The first-order valence-electron chi connectivity index (χ1n) is 7.25. The van der Waals surface area contributed by atoms with Crippen LogP contribution in [0.5, 0.6) is 0 Å². The average Bonchev–Trinajstić information content (AvgIpc) is 2.52. The fourth-order valence-corrected chi connectivity index (χ4v) is 1.85. The number of hydrogen-bond acceptors (Lipinski definition) is 3. The number of nitrogens with one attached hydrogen (secondary N) is 3. The SMILES string of the molecule is CCOC(=O)Nc1ccc(NC(=O)Nc2ccc(C)cc2)cc1. The summed E-state index contributed by atoms with van der Waals surface area (Å²) in [6.07, 6.45) is -0.509. The van der Waals surface area contributed by atoms with Crippen molar-refractivity contribution in [3.63, 3.8) is 0 Å². The maximum absolute atomic E-state index is 11.9. The zero-order valence-corrected chi connectivity index (χ0v) is 13.1. The zero-order chi connectivity index (χ0) is 16.7. The van der Waals surface area contributed by atoms with E-state index in [1.54, 1.807) is 31.2 Å². The molecule has 0 aliphatic heterocycles. The van der Waals surface area contributed by atoms with E-state index < -0.39 is 6.09 Å².